The summed E-state index contributed by atoms with van der Waals surface area (Å²) in [5.74, 6) is 0.545. The third kappa shape index (κ3) is 15.3. The molecule has 6 aromatic rings. The van der Waals surface area contributed by atoms with E-state index < -0.39 is 56.2 Å². The molecule has 25 heteroatoms. The number of alkyl halides is 3. The maximum absolute atomic E-state index is 13.6. The SMILES string of the molecule is CC(C)(C)c1ccc2c(n1)N1C[C@@H](CC[C@H](c3cccc(CN)n3)Nc3cccc(n3)S(=O)(=O)NC2=O)CC1(C)C.CC(C)(C)c1ccc2c(n1)N1C[C@@H](CC[C@H](c3cccc(CNCC(F)(F)F)n3)Nc3cccc(n3)S(=O)(=O)NC2=O)CC1(C)C.[HH].[HH]. The van der Waals surface area contributed by atoms with Gasteiger partial charge in [0.15, 0.2) is 10.1 Å². The van der Waals surface area contributed by atoms with Gasteiger partial charge >= 0.3 is 6.18 Å². The Bertz CT molecular complexity index is 3770. The molecular weight excluding hydrogens is 1160 g/mol. The molecule has 0 radical (unpaired) electrons. The number of hydrogen-bond acceptors (Lipinski definition) is 18. The number of aromatic nitrogens is 6. The Kier molecular flexibility index (Phi) is 18.2. The van der Waals surface area contributed by atoms with Crippen LogP contribution in [0.1, 0.15) is 178 Å². The van der Waals surface area contributed by atoms with Crippen molar-refractivity contribution in [3.8, 4) is 0 Å². The fraction of sp³-hybridized carbons (Fsp3) is 0.484. The van der Waals surface area contributed by atoms with Crippen molar-refractivity contribution < 1.29 is 42.4 Å². The van der Waals surface area contributed by atoms with Crippen LogP contribution in [-0.4, -0.2) is 95.4 Å². The van der Waals surface area contributed by atoms with E-state index in [9.17, 15) is 39.6 Å². The zero-order chi connectivity index (χ0) is 63.1. The molecule has 87 heavy (non-hydrogen) atoms. The van der Waals surface area contributed by atoms with Crippen LogP contribution in [0.5, 0.6) is 0 Å². The number of rotatable bonds is 6. The highest BCUT2D eigenvalue weighted by Crippen LogP contribution is 2.43. The summed E-state index contributed by atoms with van der Waals surface area (Å²) < 4.78 is 96.2. The van der Waals surface area contributed by atoms with E-state index in [1.165, 1.54) is 18.2 Å². The number of anilines is 4. The lowest BCUT2D eigenvalue weighted by molar-refractivity contribution is -0.125. The first-order valence-electron chi connectivity index (χ1n) is 29.3. The number of hydrogen-bond donors (Lipinski definition) is 6. The summed E-state index contributed by atoms with van der Waals surface area (Å²) in [7, 11) is -8.65. The van der Waals surface area contributed by atoms with Crippen molar-refractivity contribution in [3.63, 3.8) is 0 Å². The van der Waals surface area contributed by atoms with Crippen molar-refractivity contribution in [1.29, 1.82) is 0 Å². The second kappa shape index (κ2) is 24.7. The molecule has 4 aliphatic rings. The van der Waals surface area contributed by atoms with Crippen LogP contribution in [0, 0.1) is 11.8 Å². The maximum Gasteiger partial charge on any atom is 0.401 e. The summed E-state index contributed by atoms with van der Waals surface area (Å²) in [5, 5.41) is 8.49. The van der Waals surface area contributed by atoms with E-state index in [-0.39, 0.29) is 64.7 Å². The van der Waals surface area contributed by atoms with Crippen LogP contribution in [0.2, 0.25) is 0 Å². The average molecular weight is 1240 g/mol. The van der Waals surface area contributed by atoms with Crippen LogP contribution >= 0.6 is 0 Å². The Hall–Kier alpha value is -7.35. The first kappa shape index (κ1) is 64.1. The van der Waals surface area contributed by atoms with Crippen LogP contribution in [0.25, 0.3) is 0 Å². The lowest BCUT2D eigenvalue weighted by Gasteiger charge is -2.34. The molecule has 10 rings (SSSR count). The monoisotopic (exact) mass is 1240 g/mol. The first-order valence-corrected chi connectivity index (χ1v) is 32.2. The molecular formula is C62H83F3N14O6S2. The molecule has 8 bridgehead atoms. The van der Waals surface area contributed by atoms with Gasteiger partial charge in [0.1, 0.15) is 23.3 Å². The number of fused-ring (bicyclic) bond motifs is 12. The molecule has 0 unspecified atom stereocenters. The summed E-state index contributed by atoms with van der Waals surface area (Å²) in [6, 6.07) is 26.3. The van der Waals surface area contributed by atoms with Crippen LogP contribution in [0.3, 0.4) is 0 Å². The molecule has 2 amide bonds. The molecule has 4 atom stereocenters. The van der Waals surface area contributed by atoms with E-state index in [1.54, 1.807) is 60.7 Å². The normalized spacial score (nSPS) is 21.7. The largest absolute Gasteiger partial charge is 0.401 e. The molecule has 2 fully saturated rings. The van der Waals surface area contributed by atoms with E-state index in [1.807, 2.05) is 39.0 Å². The molecule has 6 aromatic heterocycles. The number of sulfonamides is 2. The van der Waals surface area contributed by atoms with Gasteiger partial charge in [-0.25, -0.2) is 29.4 Å². The Labute approximate surface area is 511 Å². The van der Waals surface area contributed by atoms with Crippen molar-refractivity contribution >= 4 is 55.1 Å². The molecule has 0 saturated carbocycles. The number of carbonyl (C=O) groups is 2. The first-order chi connectivity index (χ1) is 40.7. The van der Waals surface area contributed by atoms with E-state index >= 15 is 0 Å². The minimum atomic E-state index is -4.38. The molecule has 0 aromatic carbocycles. The zero-order valence-corrected chi connectivity index (χ0v) is 52.5. The van der Waals surface area contributed by atoms with Gasteiger partial charge < -0.3 is 31.5 Å². The summed E-state index contributed by atoms with van der Waals surface area (Å²) >= 11 is 0. The van der Waals surface area contributed by atoms with Gasteiger partial charge in [-0.1, -0.05) is 65.8 Å². The fourth-order valence-corrected chi connectivity index (χ4v) is 13.7. The lowest BCUT2D eigenvalue weighted by atomic mass is 9.90. The Morgan fingerprint density at radius 3 is 1.40 bits per heavy atom. The van der Waals surface area contributed by atoms with Crippen LogP contribution < -0.4 is 40.9 Å². The predicted octanol–water partition coefficient (Wildman–Crippen LogP) is 10.3. The summed E-state index contributed by atoms with van der Waals surface area (Å²) in [6.07, 6.45) is 0.298. The quantitative estimate of drug-likeness (QED) is 0.0905. The minimum Gasteiger partial charge on any atom is -0.362 e. The third-order valence-electron chi connectivity index (χ3n) is 16.2. The van der Waals surface area contributed by atoms with Crippen LogP contribution in [-0.2, 0) is 44.0 Å². The van der Waals surface area contributed by atoms with Gasteiger partial charge in [-0.2, -0.15) is 30.0 Å². The van der Waals surface area contributed by atoms with Crippen LogP contribution in [0.4, 0.5) is 36.4 Å². The maximum atomic E-state index is 13.6. The number of carbonyl (C=O) groups excluding carboxylic acids is 2. The highest BCUT2D eigenvalue weighted by Gasteiger charge is 2.44. The van der Waals surface area contributed by atoms with Gasteiger partial charge in [0, 0.05) is 62.3 Å². The van der Waals surface area contributed by atoms with E-state index in [0.29, 0.717) is 60.8 Å². The second-order valence-electron chi connectivity index (χ2n) is 26.3. The molecule has 7 N–H and O–H groups in total. The molecule has 4 aliphatic heterocycles. The van der Waals surface area contributed by atoms with Crippen molar-refractivity contribution in [2.75, 3.05) is 40.1 Å². The smallest absolute Gasteiger partial charge is 0.362 e. The van der Waals surface area contributed by atoms with Gasteiger partial charge in [0.05, 0.1) is 52.5 Å². The third-order valence-corrected chi connectivity index (χ3v) is 18.7. The van der Waals surface area contributed by atoms with Gasteiger partial charge in [0.2, 0.25) is 0 Å². The minimum absolute atomic E-state index is 0. The topological polar surface area (TPSA) is 272 Å². The summed E-state index contributed by atoms with van der Waals surface area (Å²) in [4.78, 5) is 59.5. The number of amides is 2. The highest BCUT2D eigenvalue weighted by atomic mass is 32.2. The number of nitrogens with zero attached hydrogens (tertiary/aromatic N) is 8. The van der Waals surface area contributed by atoms with Gasteiger partial charge in [-0.3, -0.25) is 19.6 Å². The highest BCUT2D eigenvalue weighted by molar-refractivity contribution is 7.90. The van der Waals surface area contributed by atoms with Gasteiger partial charge in [-0.05, 0) is 151 Å². The van der Waals surface area contributed by atoms with Crippen molar-refractivity contribution in [1.82, 2.24) is 44.7 Å². The van der Waals surface area contributed by atoms with E-state index in [0.717, 1.165) is 54.9 Å². The molecule has 2 saturated heterocycles. The summed E-state index contributed by atoms with van der Waals surface area (Å²) in [5.41, 5.74) is 9.22. The van der Waals surface area contributed by atoms with Gasteiger partial charge in [0.25, 0.3) is 31.9 Å². The van der Waals surface area contributed by atoms with Gasteiger partial charge in [-0.15, -0.1) is 0 Å². The van der Waals surface area contributed by atoms with Crippen molar-refractivity contribution in [2.45, 2.75) is 171 Å². The number of pyridine rings is 6. The number of halogens is 3. The number of nitrogens with one attached hydrogen (secondary N) is 5. The summed E-state index contributed by atoms with van der Waals surface area (Å²) in [6.45, 7) is 21.1. The van der Waals surface area contributed by atoms with E-state index in [4.69, 9.17) is 20.7 Å². The predicted molar refractivity (Wildman–Crippen MR) is 332 cm³/mol. The molecule has 0 aliphatic carbocycles. The Morgan fingerprint density at radius 1 is 0.575 bits per heavy atom. The Morgan fingerprint density at radius 2 is 0.989 bits per heavy atom. The van der Waals surface area contributed by atoms with E-state index in [2.05, 4.69) is 98.6 Å². The standard InChI is InChI=1S/C32H40F3N7O3S.C30H39N7O3S.2H2/c1-30(2,3)25-15-13-22-28(39-25)42-18-20(16-31(42,4)5)12-14-24(23-9-6-8-21(37-23)17-36-19-32(33,34)35)38-26-10-7-11-27(40-26)46(44,45)41-29(22)43;1-29(2,3)24-15-13-21-27(34-24)37-18-19(16-30(37,4)5)12-14-23(22-9-6-8-20(17-31)32-22)33-25-10-7-11-26(35-25)41(39,40)36-28(21)38;;/h6-11,13,15,20,24,36H,12,14,16-19H2,1-5H3,(H,38,40)(H,41,43);6-11,13,15,19,23H,12,14,16-18,31H2,1-5H3,(H,33,35)(H,36,38);2*1H/t20-,24+;19-,23+;;/m00../s1. The molecule has 470 valence electrons. The number of nitrogens with two attached hydrogens (primary N) is 1. The average Bonchev–Trinajstić information content (AvgIpc) is 2.10. The Balaban J connectivity index is 0.000000249. The van der Waals surface area contributed by atoms with Crippen LogP contribution in [0.15, 0.2) is 107 Å². The second-order valence-corrected chi connectivity index (χ2v) is 29.6. The molecule has 0 spiro atoms. The van der Waals surface area contributed by atoms with Crippen molar-refractivity contribution in [3.05, 3.63) is 142 Å². The molecule has 10 heterocycles. The fourth-order valence-electron chi connectivity index (χ4n) is 11.8. The zero-order valence-electron chi connectivity index (χ0n) is 50.9. The van der Waals surface area contributed by atoms with Crippen molar-refractivity contribution in [2.24, 2.45) is 17.6 Å². The molecule has 20 nitrogen and oxygen atoms in total. The lowest BCUT2D eigenvalue weighted by Crippen LogP contribution is -2.41.